The third kappa shape index (κ3) is 7.95. The second-order valence-corrected chi connectivity index (χ2v) is 7.45. The van der Waals surface area contributed by atoms with Crippen LogP contribution in [0.25, 0.3) is 0 Å². The lowest BCUT2D eigenvalue weighted by Gasteiger charge is -2.25. The van der Waals surface area contributed by atoms with E-state index >= 15 is 0 Å². The molecule has 12 heteroatoms. The van der Waals surface area contributed by atoms with Gasteiger partial charge in [0.2, 0.25) is 17.7 Å². The first kappa shape index (κ1) is 25.3. The molecule has 0 aromatic carbocycles. The minimum Gasteiger partial charge on any atom is -0.481 e. The molecule has 0 aromatic heterocycles. The molecule has 0 spiro atoms. The Kier molecular flexibility index (Phi) is 10.2. The fraction of sp³-hybridized carbons (Fsp3) is 0.722. The molecule has 7 N–H and O–H groups in total. The van der Waals surface area contributed by atoms with E-state index in [1.54, 1.807) is 13.8 Å². The summed E-state index contributed by atoms with van der Waals surface area (Å²) >= 11 is 0. The lowest BCUT2D eigenvalue weighted by molar-refractivity contribution is -0.144. The fourth-order valence-corrected chi connectivity index (χ4v) is 2.95. The van der Waals surface area contributed by atoms with E-state index in [0.717, 1.165) is 6.42 Å². The van der Waals surface area contributed by atoms with Gasteiger partial charge in [0.25, 0.3) is 0 Å². The Morgan fingerprint density at radius 1 is 1.00 bits per heavy atom. The molecular weight excluding hydrogens is 400 g/mol. The molecule has 1 aliphatic rings. The quantitative estimate of drug-likeness (QED) is 0.180. The largest absolute Gasteiger partial charge is 0.481 e. The van der Waals surface area contributed by atoms with E-state index in [1.165, 1.54) is 0 Å². The van der Waals surface area contributed by atoms with Crippen molar-refractivity contribution >= 4 is 29.7 Å². The lowest BCUT2D eigenvalue weighted by Crippen LogP contribution is -2.58. The molecule has 0 aromatic rings. The van der Waals surface area contributed by atoms with Crippen LogP contribution < -0.4 is 21.3 Å². The number of hydrogen-bond donors (Lipinski definition) is 7. The van der Waals surface area contributed by atoms with E-state index < -0.39 is 72.8 Å². The van der Waals surface area contributed by atoms with E-state index in [2.05, 4.69) is 21.3 Å². The Hall–Kier alpha value is -2.73. The van der Waals surface area contributed by atoms with E-state index in [9.17, 15) is 34.2 Å². The predicted octanol–water partition coefficient (Wildman–Crippen LogP) is -2.21. The maximum Gasteiger partial charge on any atom is 0.326 e. The molecule has 1 fully saturated rings. The summed E-state index contributed by atoms with van der Waals surface area (Å²) in [6.07, 6.45) is 0.626. The van der Waals surface area contributed by atoms with Crippen molar-refractivity contribution in [3.63, 3.8) is 0 Å². The number of carboxylic acid groups (broad SMARTS) is 2. The van der Waals surface area contributed by atoms with Crippen molar-refractivity contribution in [3.05, 3.63) is 0 Å². The van der Waals surface area contributed by atoms with Crippen LogP contribution in [0.3, 0.4) is 0 Å². The highest BCUT2D eigenvalue weighted by Gasteiger charge is 2.32. The molecule has 0 radical (unpaired) electrons. The van der Waals surface area contributed by atoms with Crippen LogP contribution in [0.15, 0.2) is 0 Å². The molecule has 4 atom stereocenters. The van der Waals surface area contributed by atoms with Gasteiger partial charge in [-0.15, -0.1) is 0 Å². The maximum atomic E-state index is 12.5. The number of carbonyl (C=O) groups excluding carboxylic acids is 3. The summed E-state index contributed by atoms with van der Waals surface area (Å²) in [4.78, 5) is 59.4. The number of aliphatic carboxylic acids is 2. The van der Waals surface area contributed by atoms with Gasteiger partial charge >= 0.3 is 11.9 Å². The van der Waals surface area contributed by atoms with Crippen LogP contribution in [0.5, 0.6) is 0 Å². The Labute approximate surface area is 173 Å². The summed E-state index contributed by atoms with van der Waals surface area (Å²) in [6, 6.07) is -4.42. The molecule has 1 heterocycles. The standard InChI is InChI=1S/C18H30N4O8/c1-9(2)14(18(29)30)22-16(27)11(5-6-13(24)25)20-17(28)12(8-23)21-15(26)10-4-3-7-19-10/h9-12,14,19,23H,3-8H2,1-2H3,(H,20,28)(H,21,26)(H,22,27)(H,24,25)(H,29,30). The Bertz CT molecular complexity index is 648. The molecule has 0 bridgehead atoms. The fourth-order valence-electron chi connectivity index (χ4n) is 2.95. The molecule has 0 aliphatic carbocycles. The molecule has 30 heavy (non-hydrogen) atoms. The third-order valence-electron chi connectivity index (χ3n) is 4.70. The van der Waals surface area contributed by atoms with Crippen molar-refractivity contribution in [2.24, 2.45) is 5.92 Å². The molecule has 3 amide bonds. The number of rotatable bonds is 12. The minimum atomic E-state index is -1.36. The molecule has 12 nitrogen and oxygen atoms in total. The van der Waals surface area contributed by atoms with Crippen LogP contribution in [-0.2, 0) is 24.0 Å². The molecule has 1 saturated heterocycles. The topological polar surface area (TPSA) is 194 Å². The molecular formula is C18H30N4O8. The van der Waals surface area contributed by atoms with Crippen molar-refractivity contribution in [2.45, 2.75) is 63.7 Å². The van der Waals surface area contributed by atoms with Crippen molar-refractivity contribution in [1.29, 1.82) is 0 Å². The summed E-state index contributed by atoms with van der Waals surface area (Å²) in [5.74, 6) is -5.16. The van der Waals surface area contributed by atoms with E-state index in [-0.39, 0.29) is 6.42 Å². The van der Waals surface area contributed by atoms with Crippen LogP contribution in [0.2, 0.25) is 0 Å². The highest BCUT2D eigenvalue weighted by Crippen LogP contribution is 2.07. The number of carbonyl (C=O) groups is 5. The Morgan fingerprint density at radius 2 is 1.63 bits per heavy atom. The normalized spacial score (nSPS) is 18.9. The van der Waals surface area contributed by atoms with Gasteiger partial charge in [-0.25, -0.2) is 4.79 Å². The third-order valence-corrected chi connectivity index (χ3v) is 4.70. The summed E-state index contributed by atoms with van der Waals surface area (Å²) in [6.45, 7) is 3.09. The SMILES string of the molecule is CC(C)C(NC(=O)C(CCC(=O)O)NC(=O)C(CO)NC(=O)C1CCCN1)C(=O)O. The van der Waals surface area contributed by atoms with Crippen LogP contribution in [0.4, 0.5) is 0 Å². The Balaban J connectivity index is 2.83. The molecule has 1 rings (SSSR count). The number of aliphatic hydroxyl groups excluding tert-OH is 1. The number of hydrogen-bond acceptors (Lipinski definition) is 7. The number of nitrogens with one attached hydrogen (secondary N) is 4. The summed E-state index contributed by atoms with van der Waals surface area (Å²) in [7, 11) is 0. The molecule has 1 aliphatic heterocycles. The monoisotopic (exact) mass is 430 g/mol. The molecule has 170 valence electrons. The van der Waals surface area contributed by atoms with Gasteiger partial charge in [0.05, 0.1) is 12.6 Å². The minimum absolute atomic E-state index is 0.298. The van der Waals surface area contributed by atoms with Gasteiger partial charge in [-0.2, -0.15) is 0 Å². The van der Waals surface area contributed by atoms with E-state index in [4.69, 9.17) is 5.11 Å². The van der Waals surface area contributed by atoms with Crippen molar-refractivity contribution in [2.75, 3.05) is 13.2 Å². The number of carboxylic acids is 2. The Morgan fingerprint density at radius 3 is 2.10 bits per heavy atom. The van der Waals surface area contributed by atoms with Crippen molar-refractivity contribution in [3.8, 4) is 0 Å². The highest BCUT2D eigenvalue weighted by molar-refractivity contribution is 5.94. The maximum absolute atomic E-state index is 12.5. The summed E-state index contributed by atoms with van der Waals surface area (Å²) in [5, 5.41) is 37.5. The van der Waals surface area contributed by atoms with Gasteiger partial charge in [-0.3, -0.25) is 19.2 Å². The summed E-state index contributed by atoms with van der Waals surface area (Å²) < 4.78 is 0. The van der Waals surface area contributed by atoms with Gasteiger partial charge < -0.3 is 36.6 Å². The number of aliphatic hydroxyl groups is 1. The first-order chi connectivity index (χ1) is 14.1. The van der Waals surface area contributed by atoms with Crippen molar-refractivity contribution in [1.82, 2.24) is 21.3 Å². The van der Waals surface area contributed by atoms with Crippen LogP contribution in [0.1, 0.15) is 39.5 Å². The van der Waals surface area contributed by atoms with Gasteiger partial charge in [0, 0.05) is 6.42 Å². The van der Waals surface area contributed by atoms with Gasteiger partial charge in [-0.05, 0) is 31.7 Å². The van der Waals surface area contributed by atoms with Crippen LogP contribution >= 0.6 is 0 Å². The van der Waals surface area contributed by atoms with Gasteiger partial charge in [0.1, 0.15) is 18.1 Å². The highest BCUT2D eigenvalue weighted by atomic mass is 16.4. The molecule has 4 unspecified atom stereocenters. The summed E-state index contributed by atoms with van der Waals surface area (Å²) in [5.41, 5.74) is 0. The van der Waals surface area contributed by atoms with Crippen LogP contribution in [0, 0.1) is 5.92 Å². The first-order valence-electron chi connectivity index (χ1n) is 9.76. The number of amides is 3. The average molecular weight is 430 g/mol. The average Bonchev–Trinajstić information content (AvgIpc) is 3.20. The first-order valence-corrected chi connectivity index (χ1v) is 9.76. The van der Waals surface area contributed by atoms with Gasteiger partial charge in [-0.1, -0.05) is 13.8 Å². The van der Waals surface area contributed by atoms with E-state index in [1.807, 2.05) is 0 Å². The van der Waals surface area contributed by atoms with Crippen LogP contribution in [-0.4, -0.2) is 82.3 Å². The molecule has 0 saturated carbocycles. The van der Waals surface area contributed by atoms with Crippen molar-refractivity contribution < 1.29 is 39.3 Å². The zero-order valence-electron chi connectivity index (χ0n) is 17.0. The lowest BCUT2D eigenvalue weighted by atomic mass is 10.0. The zero-order valence-corrected chi connectivity index (χ0v) is 17.0. The van der Waals surface area contributed by atoms with E-state index in [0.29, 0.717) is 13.0 Å². The van der Waals surface area contributed by atoms with Gasteiger partial charge in [0.15, 0.2) is 0 Å². The zero-order chi connectivity index (χ0) is 22.8. The predicted molar refractivity (Wildman–Crippen MR) is 103 cm³/mol. The smallest absolute Gasteiger partial charge is 0.326 e. The second kappa shape index (κ2) is 12.1. The second-order valence-electron chi connectivity index (χ2n) is 7.45.